The first-order valence-corrected chi connectivity index (χ1v) is 6.58. The highest BCUT2D eigenvalue weighted by molar-refractivity contribution is 7.91. The van der Waals surface area contributed by atoms with Gasteiger partial charge in [0.25, 0.3) is 0 Å². The number of aliphatic hydroxyl groups is 1. The molecule has 0 spiro atoms. The highest BCUT2D eigenvalue weighted by Crippen LogP contribution is 2.20. The molecule has 1 aromatic heterocycles. The van der Waals surface area contributed by atoms with Gasteiger partial charge >= 0.3 is 0 Å². The zero-order valence-corrected chi connectivity index (χ0v) is 9.90. The van der Waals surface area contributed by atoms with E-state index in [9.17, 15) is 8.42 Å². The molecule has 1 heterocycles. The number of hydrogen-bond acceptors (Lipinski definition) is 5. The van der Waals surface area contributed by atoms with Crippen molar-refractivity contribution >= 4 is 21.4 Å². The molecule has 0 saturated carbocycles. The van der Waals surface area contributed by atoms with Gasteiger partial charge in [0.2, 0.25) is 10.0 Å². The van der Waals surface area contributed by atoms with Crippen LogP contribution < -0.4 is 4.72 Å². The van der Waals surface area contributed by atoms with Crippen LogP contribution in [-0.2, 0) is 21.4 Å². The number of aliphatic hydroxyl groups excluding tert-OH is 1. The lowest BCUT2D eigenvalue weighted by molar-refractivity contribution is 0.204. The summed E-state index contributed by atoms with van der Waals surface area (Å²) in [6.07, 6.45) is 0. The third-order valence-corrected chi connectivity index (χ3v) is 4.68. The Morgan fingerprint density at radius 3 is 2.80 bits per heavy atom. The summed E-state index contributed by atoms with van der Waals surface area (Å²) in [6, 6.07) is 3.07. The van der Waals surface area contributed by atoms with Crippen molar-refractivity contribution in [3.8, 4) is 0 Å². The van der Waals surface area contributed by atoms with Crippen LogP contribution >= 0.6 is 11.3 Å². The fourth-order valence-corrected chi connectivity index (χ4v) is 3.21. The van der Waals surface area contributed by atoms with Crippen molar-refractivity contribution in [3.63, 3.8) is 0 Å². The van der Waals surface area contributed by atoms with E-state index in [2.05, 4.69) is 4.72 Å². The predicted molar refractivity (Wildman–Crippen MR) is 57.3 cm³/mol. The minimum absolute atomic E-state index is 0.141. The van der Waals surface area contributed by atoms with Gasteiger partial charge in [-0.15, -0.1) is 11.3 Å². The lowest BCUT2D eigenvalue weighted by Crippen LogP contribution is -2.26. The van der Waals surface area contributed by atoms with Crippen LogP contribution in [0.5, 0.6) is 0 Å². The molecule has 0 aliphatic heterocycles. The smallest absolute Gasteiger partial charge is 0.250 e. The van der Waals surface area contributed by atoms with E-state index in [0.29, 0.717) is 11.5 Å². The second kappa shape index (κ2) is 5.57. The first kappa shape index (κ1) is 12.6. The number of methoxy groups -OCH3 is 1. The average Bonchev–Trinajstić information content (AvgIpc) is 2.66. The monoisotopic (exact) mass is 251 g/mol. The van der Waals surface area contributed by atoms with Gasteiger partial charge in [-0.2, -0.15) is 0 Å². The van der Waals surface area contributed by atoms with Gasteiger partial charge in [0.1, 0.15) is 4.21 Å². The molecule has 0 bridgehead atoms. The number of rotatable bonds is 6. The Morgan fingerprint density at radius 1 is 1.53 bits per heavy atom. The standard InChI is InChI=1S/C8H13NO4S2/c1-13-5-4-9-15(11,12)8-3-2-7(6-10)14-8/h2-3,9-10H,4-6H2,1H3. The van der Waals surface area contributed by atoms with E-state index in [0.717, 1.165) is 11.3 Å². The molecular formula is C8H13NO4S2. The summed E-state index contributed by atoms with van der Waals surface area (Å²) in [4.78, 5) is 0.627. The van der Waals surface area contributed by atoms with E-state index in [-0.39, 0.29) is 17.4 Å². The molecule has 15 heavy (non-hydrogen) atoms. The van der Waals surface area contributed by atoms with Crippen LogP contribution in [-0.4, -0.2) is 33.8 Å². The van der Waals surface area contributed by atoms with Crippen LogP contribution in [0.3, 0.4) is 0 Å². The molecule has 1 rings (SSSR count). The summed E-state index contributed by atoms with van der Waals surface area (Å²) in [5.41, 5.74) is 0. The number of ether oxygens (including phenoxy) is 1. The van der Waals surface area contributed by atoms with Gasteiger partial charge in [-0.3, -0.25) is 0 Å². The lowest BCUT2D eigenvalue weighted by Gasteiger charge is -2.02. The van der Waals surface area contributed by atoms with Crippen molar-refractivity contribution in [2.45, 2.75) is 10.8 Å². The van der Waals surface area contributed by atoms with E-state index in [1.807, 2.05) is 0 Å². The molecule has 0 fully saturated rings. The minimum Gasteiger partial charge on any atom is -0.391 e. The number of nitrogens with one attached hydrogen (secondary N) is 1. The highest BCUT2D eigenvalue weighted by Gasteiger charge is 2.15. The van der Waals surface area contributed by atoms with E-state index in [1.165, 1.54) is 13.2 Å². The average molecular weight is 251 g/mol. The molecule has 5 nitrogen and oxygen atoms in total. The molecule has 0 atom stereocenters. The third-order valence-electron chi connectivity index (χ3n) is 1.66. The Kier molecular flexibility index (Phi) is 4.68. The van der Waals surface area contributed by atoms with Gasteiger partial charge in [-0.05, 0) is 12.1 Å². The van der Waals surface area contributed by atoms with Crippen LogP contribution in [0.1, 0.15) is 4.88 Å². The maximum Gasteiger partial charge on any atom is 0.250 e. The second-order valence-electron chi connectivity index (χ2n) is 2.77. The van der Waals surface area contributed by atoms with E-state index in [4.69, 9.17) is 9.84 Å². The largest absolute Gasteiger partial charge is 0.391 e. The van der Waals surface area contributed by atoms with Crippen LogP contribution in [0, 0.1) is 0 Å². The molecule has 0 saturated heterocycles. The fourth-order valence-electron chi connectivity index (χ4n) is 0.937. The molecule has 0 radical (unpaired) electrons. The van der Waals surface area contributed by atoms with Gasteiger partial charge in [0, 0.05) is 18.5 Å². The Balaban J connectivity index is 2.68. The minimum atomic E-state index is -3.44. The van der Waals surface area contributed by atoms with Crippen molar-refractivity contribution in [3.05, 3.63) is 17.0 Å². The molecule has 2 N–H and O–H groups in total. The van der Waals surface area contributed by atoms with Crippen molar-refractivity contribution in [1.29, 1.82) is 0 Å². The molecule has 0 unspecified atom stereocenters. The number of sulfonamides is 1. The van der Waals surface area contributed by atoms with Gasteiger partial charge in [0.15, 0.2) is 0 Å². The fraction of sp³-hybridized carbons (Fsp3) is 0.500. The SMILES string of the molecule is COCCNS(=O)(=O)c1ccc(CO)s1. The zero-order valence-electron chi connectivity index (χ0n) is 8.26. The highest BCUT2D eigenvalue weighted by atomic mass is 32.2. The number of thiophene rings is 1. The molecule has 0 aromatic carbocycles. The third kappa shape index (κ3) is 3.54. The number of hydrogen-bond donors (Lipinski definition) is 2. The van der Waals surface area contributed by atoms with Crippen LogP contribution in [0.25, 0.3) is 0 Å². The van der Waals surface area contributed by atoms with Gasteiger partial charge in [-0.25, -0.2) is 13.1 Å². The Morgan fingerprint density at radius 2 is 2.27 bits per heavy atom. The Hall–Kier alpha value is -0.470. The van der Waals surface area contributed by atoms with Crippen molar-refractivity contribution in [2.24, 2.45) is 0 Å². The summed E-state index contributed by atoms with van der Waals surface area (Å²) < 4.78 is 30.5. The van der Waals surface area contributed by atoms with E-state index >= 15 is 0 Å². The van der Waals surface area contributed by atoms with Crippen molar-refractivity contribution < 1.29 is 18.3 Å². The van der Waals surface area contributed by atoms with E-state index in [1.54, 1.807) is 6.07 Å². The topological polar surface area (TPSA) is 75.6 Å². The van der Waals surface area contributed by atoms with Crippen molar-refractivity contribution in [2.75, 3.05) is 20.3 Å². The van der Waals surface area contributed by atoms with Gasteiger partial charge in [0.05, 0.1) is 13.2 Å². The molecule has 0 aliphatic rings. The normalized spacial score (nSPS) is 11.9. The van der Waals surface area contributed by atoms with Crippen LogP contribution in [0.15, 0.2) is 16.3 Å². The lowest BCUT2D eigenvalue weighted by atomic mass is 10.5. The van der Waals surface area contributed by atoms with Gasteiger partial charge < -0.3 is 9.84 Å². The predicted octanol–water partition coefficient (Wildman–Crippen LogP) is 0.165. The molecule has 0 aliphatic carbocycles. The van der Waals surface area contributed by atoms with Gasteiger partial charge in [-0.1, -0.05) is 0 Å². The summed E-state index contributed by atoms with van der Waals surface area (Å²) in [5, 5.41) is 8.81. The van der Waals surface area contributed by atoms with Crippen LogP contribution in [0.2, 0.25) is 0 Å². The first-order chi connectivity index (χ1) is 7.10. The summed E-state index contributed by atoms with van der Waals surface area (Å²) in [7, 11) is -1.94. The molecule has 7 heteroatoms. The summed E-state index contributed by atoms with van der Waals surface area (Å²) in [5.74, 6) is 0. The first-order valence-electron chi connectivity index (χ1n) is 4.28. The molecule has 86 valence electrons. The second-order valence-corrected chi connectivity index (χ2v) is 5.93. The van der Waals surface area contributed by atoms with Crippen molar-refractivity contribution in [1.82, 2.24) is 4.72 Å². The molecule has 1 aromatic rings. The maximum absolute atomic E-state index is 11.6. The summed E-state index contributed by atoms with van der Waals surface area (Å²) in [6.45, 7) is 0.431. The van der Waals surface area contributed by atoms with Crippen LogP contribution in [0.4, 0.5) is 0 Å². The molecular weight excluding hydrogens is 238 g/mol. The molecule has 0 amide bonds. The maximum atomic E-state index is 11.6. The Labute approximate surface area is 92.7 Å². The van der Waals surface area contributed by atoms with E-state index < -0.39 is 10.0 Å². The summed E-state index contributed by atoms with van der Waals surface area (Å²) >= 11 is 1.06. The quantitative estimate of drug-likeness (QED) is 0.706. The Bertz CT molecular complexity index is 399. The zero-order chi connectivity index (χ0) is 11.3.